The van der Waals surface area contributed by atoms with Crippen molar-refractivity contribution in [3.63, 3.8) is 0 Å². The summed E-state index contributed by atoms with van der Waals surface area (Å²) in [5.41, 5.74) is 0.971. The van der Waals surface area contributed by atoms with E-state index < -0.39 is 0 Å². The lowest BCUT2D eigenvalue weighted by molar-refractivity contribution is -0.135. The lowest BCUT2D eigenvalue weighted by Gasteiger charge is -2.34. The van der Waals surface area contributed by atoms with Crippen molar-refractivity contribution < 1.29 is 19.1 Å². The predicted octanol–water partition coefficient (Wildman–Crippen LogP) is 3.07. The maximum absolute atomic E-state index is 13.0. The van der Waals surface area contributed by atoms with E-state index in [1.54, 1.807) is 46.6 Å². The molecule has 0 bridgehead atoms. The van der Waals surface area contributed by atoms with Crippen LogP contribution in [0.15, 0.2) is 42.2 Å². The summed E-state index contributed by atoms with van der Waals surface area (Å²) in [7, 11) is 0. The van der Waals surface area contributed by atoms with Gasteiger partial charge in [-0.25, -0.2) is 4.98 Å². The van der Waals surface area contributed by atoms with Crippen LogP contribution in [0.25, 0.3) is 0 Å². The number of carbonyl (C=O) groups excluding carboxylic acids is 2. The highest BCUT2D eigenvalue weighted by Gasteiger charge is 2.29. The van der Waals surface area contributed by atoms with Crippen LogP contribution in [0.4, 0.5) is 5.69 Å². The number of ether oxygens (including phenoxy) is 2. The van der Waals surface area contributed by atoms with Gasteiger partial charge in [-0.1, -0.05) is 0 Å². The van der Waals surface area contributed by atoms with E-state index in [0.717, 1.165) is 30.8 Å². The zero-order chi connectivity index (χ0) is 21.2. The first-order valence-corrected chi connectivity index (χ1v) is 11.0. The minimum atomic E-state index is -0.288. The van der Waals surface area contributed by atoms with Crippen molar-refractivity contribution in [1.29, 1.82) is 0 Å². The fourth-order valence-corrected chi connectivity index (χ4v) is 4.66. The van der Waals surface area contributed by atoms with E-state index in [0.29, 0.717) is 22.7 Å². The largest absolute Gasteiger partial charge is 0.454 e. The minimum Gasteiger partial charge on any atom is -0.454 e. The van der Waals surface area contributed by atoms with E-state index in [4.69, 9.17) is 9.47 Å². The molecule has 0 aliphatic carbocycles. The average Bonchev–Trinajstić information content (AvgIpc) is 3.55. The third-order valence-electron chi connectivity index (χ3n) is 5.38. The number of likely N-dealkylation sites (tertiary alicyclic amines) is 1. The summed E-state index contributed by atoms with van der Waals surface area (Å²) in [6.45, 7) is 0.988. The first kappa shape index (κ1) is 19.6. The van der Waals surface area contributed by atoms with Crippen molar-refractivity contribution in [2.24, 2.45) is 0 Å². The topological polar surface area (TPSA) is 98.6 Å². The summed E-state index contributed by atoms with van der Waals surface area (Å²) in [6.07, 6.45) is 7.97. The summed E-state index contributed by atoms with van der Waals surface area (Å²) in [5.74, 6) is 0.877. The molecule has 5 rings (SSSR count). The second-order valence-electron chi connectivity index (χ2n) is 7.42. The third-order valence-corrected chi connectivity index (χ3v) is 6.26. The second-order valence-corrected chi connectivity index (χ2v) is 8.34. The zero-order valence-electron chi connectivity index (χ0n) is 16.7. The quantitative estimate of drug-likeness (QED) is 0.656. The fraction of sp³-hybridized carbons (Fsp3) is 0.333. The van der Waals surface area contributed by atoms with Crippen molar-refractivity contribution in [1.82, 2.24) is 19.7 Å². The lowest BCUT2D eigenvalue weighted by Crippen LogP contribution is -2.40. The number of nitrogens with one attached hydrogen (secondary N) is 1. The van der Waals surface area contributed by atoms with Gasteiger partial charge in [-0.15, -0.1) is 11.3 Å². The van der Waals surface area contributed by atoms with Gasteiger partial charge in [-0.2, -0.15) is 5.10 Å². The third kappa shape index (κ3) is 4.11. The maximum Gasteiger partial charge on any atom is 0.255 e. The molecule has 10 heteroatoms. The van der Waals surface area contributed by atoms with Gasteiger partial charge in [0.05, 0.1) is 17.9 Å². The highest BCUT2D eigenvalue weighted by atomic mass is 32.1. The molecule has 4 heterocycles. The normalized spacial score (nSPS) is 17.5. The van der Waals surface area contributed by atoms with Crippen LogP contribution in [0, 0.1) is 0 Å². The Bertz CT molecular complexity index is 1100. The molecule has 0 spiro atoms. The first-order valence-electron chi connectivity index (χ1n) is 10.1. The highest BCUT2D eigenvalue weighted by molar-refractivity contribution is 7.09. The number of carbonyl (C=O) groups is 2. The molecule has 9 nitrogen and oxygen atoms in total. The van der Waals surface area contributed by atoms with Crippen LogP contribution in [0.3, 0.4) is 0 Å². The van der Waals surface area contributed by atoms with Crippen LogP contribution < -0.4 is 14.8 Å². The maximum atomic E-state index is 13.0. The van der Waals surface area contributed by atoms with Crippen LogP contribution in [0.1, 0.15) is 40.7 Å². The van der Waals surface area contributed by atoms with Crippen LogP contribution in [-0.2, 0) is 11.3 Å². The molecule has 1 aromatic carbocycles. The Labute approximate surface area is 182 Å². The van der Waals surface area contributed by atoms with Crippen LogP contribution in [0.2, 0.25) is 0 Å². The molecule has 0 radical (unpaired) electrons. The van der Waals surface area contributed by atoms with Crippen molar-refractivity contribution in [2.75, 3.05) is 18.7 Å². The standard InChI is InChI=1S/C21H21N5O4S/c27-19(26-7-2-1-3-16(26)21-22-6-8-31-21)12-25-11-15(10-23-25)24-20(28)14-4-5-17-18(9-14)30-13-29-17/h4-6,8-11,16H,1-3,7,12-13H2,(H,24,28). The van der Waals surface area contributed by atoms with E-state index in [-0.39, 0.29) is 31.2 Å². The van der Waals surface area contributed by atoms with Crippen molar-refractivity contribution in [3.8, 4) is 11.5 Å². The van der Waals surface area contributed by atoms with Crippen LogP contribution in [0.5, 0.6) is 11.5 Å². The monoisotopic (exact) mass is 439 g/mol. The summed E-state index contributed by atoms with van der Waals surface area (Å²) in [6, 6.07) is 5.05. The van der Waals surface area contributed by atoms with Crippen molar-refractivity contribution in [2.45, 2.75) is 31.8 Å². The van der Waals surface area contributed by atoms with E-state index in [1.165, 1.54) is 6.20 Å². The van der Waals surface area contributed by atoms with E-state index in [2.05, 4.69) is 15.4 Å². The van der Waals surface area contributed by atoms with Gasteiger partial charge in [0.25, 0.3) is 5.91 Å². The highest BCUT2D eigenvalue weighted by Crippen LogP contribution is 2.33. The zero-order valence-corrected chi connectivity index (χ0v) is 17.5. The Morgan fingerprint density at radius 3 is 3.00 bits per heavy atom. The van der Waals surface area contributed by atoms with Gasteiger partial charge in [0.2, 0.25) is 12.7 Å². The number of thiazole rings is 1. The van der Waals surface area contributed by atoms with Crippen LogP contribution in [-0.4, -0.2) is 44.8 Å². The second kappa shape index (κ2) is 8.38. The number of fused-ring (bicyclic) bond motifs is 1. The van der Waals surface area contributed by atoms with E-state index >= 15 is 0 Å². The summed E-state index contributed by atoms with van der Waals surface area (Å²) in [4.78, 5) is 31.8. The number of hydrogen-bond donors (Lipinski definition) is 1. The Morgan fingerprint density at radius 1 is 1.23 bits per heavy atom. The molecule has 2 aliphatic rings. The Kier molecular flexibility index (Phi) is 5.29. The molecule has 31 heavy (non-hydrogen) atoms. The summed E-state index contributed by atoms with van der Waals surface area (Å²) < 4.78 is 12.1. The number of amides is 2. The number of piperidine rings is 1. The molecule has 1 N–H and O–H groups in total. The Balaban J connectivity index is 1.23. The van der Waals surface area contributed by atoms with Gasteiger partial charge in [0.1, 0.15) is 11.6 Å². The number of benzene rings is 1. The average molecular weight is 439 g/mol. The summed E-state index contributed by atoms with van der Waals surface area (Å²) >= 11 is 1.58. The van der Waals surface area contributed by atoms with Crippen molar-refractivity contribution >= 4 is 28.8 Å². The predicted molar refractivity (Wildman–Crippen MR) is 113 cm³/mol. The van der Waals surface area contributed by atoms with Gasteiger partial charge in [-0.05, 0) is 37.5 Å². The van der Waals surface area contributed by atoms with E-state index in [1.807, 2.05) is 10.3 Å². The number of aromatic nitrogens is 3. The molecule has 3 aromatic rings. The van der Waals surface area contributed by atoms with E-state index in [9.17, 15) is 9.59 Å². The SMILES string of the molecule is O=C(Nc1cnn(CC(=O)N2CCCCC2c2nccs2)c1)c1ccc2c(c1)OCO2. The Morgan fingerprint density at radius 2 is 2.13 bits per heavy atom. The van der Waals surface area contributed by atoms with Gasteiger partial charge < -0.3 is 19.7 Å². The molecule has 2 aliphatic heterocycles. The van der Waals surface area contributed by atoms with Crippen molar-refractivity contribution in [3.05, 3.63) is 52.7 Å². The van der Waals surface area contributed by atoms with Gasteiger partial charge in [0, 0.05) is 29.9 Å². The molecule has 2 aromatic heterocycles. The van der Waals surface area contributed by atoms with Gasteiger partial charge in [0.15, 0.2) is 11.5 Å². The fourth-order valence-electron chi connectivity index (χ4n) is 3.87. The summed E-state index contributed by atoms with van der Waals surface area (Å²) in [5, 5.41) is 9.96. The number of rotatable bonds is 5. The molecule has 160 valence electrons. The van der Waals surface area contributed by atoms with Gasteiger partial charge >= 0.3 is 0 Å². The molecule has 0 saturated carbocycles. The number of hydrogen-bond acceptors (Lipinski definition) is 7. The molecule has 1 unspecified atom stereocenters. The number of nitrogens with zero attached hydrogens (tertiary/aromatic N) is 4. The number of anilines is 1. The smallest absolute Gasteiger partial charge is 0.255 e. The molecule has 1 fully saturated rings. The molecule has 1 saturated heterocycles. The lowest BCUT2D eigenvalue weighted by atomic mass is 10.0. The minimum absolute atomic E-state index is 0.00310. The molecule has 2 amide bonds. The van der Waals surface area contributed by atoms with Crippen LogP contribution >= 0.6 is 11.3 Å². The molecular formula is C21H21N5O4S. The molecule has 1 atom stereocenters. The van der Waals surface area contributed by atoms with Gasteiger partial charge in [-0.3, -0.25) is 14.3 Å². The Hall–Kier alpha value is -3.40. The first-order chi connectivity index (χ1) is 15.2. The molecular weight excluding hydrogens is 418 g/mol.